The summed E-state index contributed by atoms with van der Waals surface area (Å²) in [6.07, 6.45) is 3.99. The average molecular weight is 542 g/mol. The third kappa shape index (κ3) is 5.89. The fraction of sp³-hybridized carbons (Fsp3) is 0.333. The van der Waals surface area contributed by atoms with Crippen LogP contribution in [0.4, 0.5) is 11.8 Å². The average Bonchev–Trinajstić information content (AvgIpc) is 2.90. The van der Waals surface area contributed by atoms with E-state index in [0.29, 0.717) is 40.8 Å². The maximum atomic E-state index is 13.0. The lowest BCUT2D eigenvalue weighted by Gasteiger charge is -2.28. The molecule has 1 saturated carbocycles. The van der Waals surface area contributed by atoms with Crippen molar-refractivity contribution < 1.29 is 13.2 Å². The number of sulfonamides is 1. The van der Waals surface area contributed by atoms with E-state index in [1.807, 2.05) is 48.5 Å². The number of hydrogen-bond donors (Lipinski definition) is 3. The Morgan fingerprint density at radius 3 is 2.35 bits per heavy atom. The van der Waals surface area contributed by atoms with Gasteiger partial charge in [0.25, 0.3) is 0 Å². The number of aromatic nitrogens is 2. The van der Waals surface area contributed by atoms with E-state index in [9.17, 15) is 8.42 Å². The molecule has 0 amide bonds. The standard InChI is InChI=1S/C27H31N5O3S.ClH/c1-35-23-10-5-9-22-25(23)26(28)32-27(31-22)29-16-18-12-14-19(15-13-18)17-30-36(33,34)24-11-4-7-20-6-2-3-8-21(20)24;/h2-11,18-19,30H,12-17H2,1H3,(H3,28,29,31,32);1H. The number of fused-ring (bicyclic) bond motifs is 2. The number of ether oxygens (including phenoxy) is 1. The van der Waals surface area contributed by atoms with E-state index in [2.05, 4.69) is 20.0 Å². The molecule has 0 radical (unpaired) electrons. The van der Waals surface area contributed by atoms with Crippen molar-refractivity contribution in [2.75, 3.05) is 31.2 Å². The molecule has 0 unspecified atom stereocenters. The van der Waals surface area contributed by atoms with Gasteiger partial charge in [0.05, 0.1) is 22.9 Å². The maximum Gasteiger partial charge on any atom is 0.241 e. The van der Waals surface area contributed by atoms with Crippen molar-refractivity contribution in [3.8, 4) is 5.75 Å². The first-order chi connectivity index (χ1) is 17.4. The van der Waals surface area contributed by atoms with Crippen LogP contribution in [0.5, 0.6) is 5.75 Å². The molecule has 1 heterocycles. The first-order valence-electron chi connectivity index (χ1n) is 12.3. The van der Waals surface area contributed by atoms with Crippen LogP contribution in [0, 0.1) is 11.8 Å². The molecule has 0 atom stereocenters. The van der Waals surface area contributed by atoms with Gasteiger partial charge in [0.2, 0.25) is 16.0 Å². The van der Waals surface area contributed by atoms with E-state index in [1.54, 1.807) is 19.2 Å². The third-order valence-corrected chi connectivity index (χ3v) is 8.53. The molecule has 196 valence electrons. The number of nitrogens with two attached hydrogens (primary N) is 1. The van der Waals surface area contributed by atoms with E-state index in [1.165, 1.54) is 0 Å². The van der Waals surface area contributed by atoms with Gasteiger partial charge in [-0.2, -0.15) is 4.98 Å². The molecule has 0 spiro atoms. The summed E-state index contributed by atoms with van der Waals surface area (Å²) >= 11 is 0. The molecule has 0 saturated heterocycles. The van der Waals surface area contributed by atoms with Crippen LogP contribution in [-0.4, -0.2) is 38.6 Å². The lowest BCUT2D eigenvalue weighted by Crippen LogP contribution is -2.32. The highest BCUT2D eigenvalue weighted by molar-refractivity contribution is 7.89. The highest BCUT2D eigenvalue weighted by Crippen LogP contribution is 2.31. The van der Waals surface area contributed by atoms with Gasteiger partial charge < -0.3 is 15.8 Å². The van der Waals surface area contributed by atoms with Crippen LogP contribution in [0.2, 0.25) is 0 Å². The van der Waals surface area contributed by atoms with E-state index >= 15 is 0 Å². The molecule has 0 bridgehead atoms. The smallest absolute Gasteiger partial charge is 0.241 e. The predicted molar refractivity (Wildman–Crippen MR) is 151 cm³/mol. The zero-order valence-electron chi connectivity index (χ0n) is 20.7. The molecule has 37 heavy (non-hydrogen) atoms. The SMILES string of the molecule is COc1cccc2nc(NCC3CCC(CNS(=O)(=O)c4cccc5ccccc45)CC3)nc(N)c12.Cl. The Labute approximate surface area is 223 Å². The number of methoxy groups -OCH3 is 1. The molecule has 5 rings (SSSR count). The van der Waals surface area contributed by atoms with Crippen LogP contribution < -0.4 is 20.5 Å². The fourth-order valence-corrected chi connectivity index (χ4v) is 6.38. The number of nitrogens with one attached hydrogen (secondary N) is 2. The maximum absolute atomic E-state index is 13.0. The molecule has 1 aromatic heterocycles. The number of rotatable bonds is 8. The minimum Gasteiger partial charge on any atom is -0.496 e. The first kappa shape index (κ1) is 26.9. The summed E-state index contributed by atoms with van der Waals surface area (Å²) in [6.45, 7) is 1.21. The summed E-state index contributed by atoms with van der Waals surface area (Å²) in [5.41, 5.74) is 6.92. The number of benzene rings is 3. The van der Waals surface area contributed by atoms with Gasteiger partial charge in [0.15, 0.2) is 0 Å². The van der Waals surface area contributed by atoms with Gasteiger partial charge in [0, 0.05) is 18.5 Å². The number of nitrogen functional groups attached to an aromatic ring is 1. The van der Waals surface area contributed by atoms with Crippen molar-refractivity contribution >= 4 is 55.9 Å². The van der Waals surface area contributed by atoms with Crippen LogP contribution in [0.1, 0.15) is 25.7 Å². The molecule has 4 N–H and O–H groups in total. The summed E-state index contributed by atoms with van der Waals surface area (Å²) in [6, 6.07) is 18.6. The minimum absolute atomic E-state index is 0. The number of nitrogens with zero attached hydrogens (tertiary/aromatic N) is 2. The summed E-state index contributed by atoms with van der Waals surface area (Å²) in [5.74, 6) is 2.36. The summed E-state index contributed by atoms with van der Waals surface area (Å²) in [5, 5.41) is 5.73. The van der Waals surface area contributed by atoms with Gasteiger partial charge in [-0.05, 0) is 61.1 Å². The molecular formula is C27H32ClN5O3S. The Kier molecular flexibility index (Phi) is 8.36. The molecule has 3 aromatic carbocycles. The second-order valence-corrected chi connectivity index (χ2v) is 11.1. The lowest BCUT2D eigenvalue weighted by molar-refractivity contribution is 0.284. The van der Waals surface area contributed by atoms with Gasteiger partial charge in [-0.3, -0.25) is 0 Å². The highest BCUT2D eigenvalue weighted by atomic mass is 35.5. The van der Waals surface area contributed by atoms with Crippen LogP contribution >= 0.6 is 12.4 Å². The molecule has 10 heteroatoms. The van der Waals surface area contributed by atoms with E-state index in [-0.39, 0.29) is 12.4 Å². The van der Waals surface area contributed by atoms with Crippen LogP contribution in [0.25, 0.3) is 21.7 Å². The van der Waals surface area contributed by atoms with E-state index in [4.69, 9.17) is 10.5 Å². The van der Waals surface area contributed by atoms with Crippen LogP contribution in [0.3, 0.4) is 0 Å². The lowest BCUT2D eigenvalue weighted by atomic mass is 9.82. The Morgan fingerprint density at radius 2 is 1.59 bits per heavy atom. The van der Waals surface area contributed by atoms with Crippen molar-refractivity contribution in [1.29, 1.82) is 0 Å². The van der Waals surface area contributed by atoms with Crippen molar-refractivity contribution in [1.82, 2.24) is 14.7 Å². The predicted octanol–water partition coefficient (Wildman–Crippen LogP) is 4.99. The third-order valence-electron chi connectivity index (χ3n) is 7.05. The fourth-order valence-electron chi connectivity index (χ4n) is 5.04. The van der Waals surface area contributed by atoms with E-state index < -0.39 is 10.0 Å². The van der Waals surface area contributed by atoms with Crippen molar-refractivity contribution in [3.63, 3.8) is 0 Å². The van der Waals surface area contributed by atoms with Crippen LogP contribution in [-0.2, 0) is 10.0 Å². The Morgan fingerprint density at radius 1 is 0.919 bits per heavy atom. The number of anilines is 2. The highest BCUT2D eigenvalue weighted by Gasteiger charge is 2.24. The zero-order valence-corrected chi connectivity index (χ0v) is 22.3. The molecular weight excluding hydrogens is 510 g/mol. The Hall–Kier alpha value is -3.14. The first-order valence-corrected chi connectivity index (χ1v) is 13.7. The van der Waals surface area contributed by atoms with Crippen LogP contribution in [0.15, 0.2) is 65.6 Å². The quantitative estimate of drug-likeness (QED) is 0.287. The zero-order chi connectivity index (χ0) is 25.1. The summed E-state index contributed by atoms with van der Waals surface area (Å²) in [7, 11) is -1.97. The number of hydrogen-bond acceptors (Lipinski definition) is 7. The monoisotopic (exact) mass is 541 g/mol. The second kappa shape index (κ2) is 11.5. The van der Waals surface area contributed by atoms with Gasteiger partial charge >= 0.3 is 0 Å². The van der Waals surface area contributed by atoms with Crippen molar-refractivity contribution in [3.05, 3.63) is 60.7 Å². The van der Waals surface area contributed by atoms with E-state index in [0.717, 1.165) is 53.9 Å². The van der Waals surface area contributed by atoms with Gasteiger partial charge in [-0.1, -0.05) is 42.5 Å². The number of halogens is 1. The molecule has 1 aliphatic rings. The molecule has 1 fully saturated rings. The summed E-state index contributed by atoms with van der Waals surface area (Å²) in [4.78, 5) is 9.35. The molecule has 8 nitrogen and oxygen atoms in total. The van der Waals surface area contributed by atoms with Crippen molar-refractivity contribution in [2.45, 2.75) is 30.6 Å². The topological polar surface area (TPSA) is 119 Å². The summed E-state index contributed by atoms with van der Waals surface area (Å²) < 4.78 is 34.3. The Balaban J connectivity index is 0.00000320. The molecule has 4 aromatic rings. The Bertz CT molecular complexity index is 1490. The normalized spacial score (nSPS) is 17.9. The molecule has 1 aliphatic carbocycles. The van der Waals surface area contributed by atoms with Gasteiger partial charge in [-0.25, -0.2) is 18.1 Å². The second-order valence-electron chi connectivity index (χ2n) is 9.38. The van der Waals surface area contributed by atoms with Gasteiger partial charge in [-0.15, -0.1) is 12.4 Å². The largest absolute Gasteiger partial charge is 0.496 e. The molecule has 0 aliphatic heterocycles. The minimum atomic E-state index is -3.57. The van der Waals surface area contributed by atoms with Crippen molar-refractivity contribution in [2.24, 2.45) is 11.8 Å². The van der Waals surface area contributed by atoms with Gasteiger partial charge in [0.1, 0.15) is 11.6 Å².